The van der Waals surface area contributed by atoms with Crippen molar-refractivity contribution in [2.45, 2.75) is 58.5 Å². The average Bonchev–Trinajstić information content (AvgIpc) is 2.88. The minimum Gasteiger partial charge on any atom is -0.465 e. The maximum atomic E-state index is 14.5. The molecule has 0 radical (unpaired) electrons. The summed E-state index contributed by atoms with van der Waals surface area (Å²) < 4.78 is 31.5. The van der Waals surface area contributed by atoms with Gasteiger partial charge in [0.1, 0.15) is 11.4 Å². The van der Waals surface area contributed by atoms with E-state index >= 15 is 0 Å². The number of carbonyl (C=O) groups is 3. The van der Waals surface area contributed by atoms with Crippen molar-refractivity contribution in [2.24, 2.45) is 5.92 Å². The van der Waals surface area contributed by atoms with Gasteiger partial charge >= 0.3 is 12.1 Å². The van der Waals surface area contributed by atoms with Gasteiger partial charge < -0.3 is 24.4 Å². The number of methoxy groups -OCH3 is 1. The van der Waals surface area contributed by atoms with E-state index in [1.807, 2.05) is 27.7 Å². The van der Waals surface area contributed by atoms with Crippen molar-refractivity contribution < 1.29 is 33.0 Å². The Bertz CT molecular complexity index is 1180. The number of benzene rings is 1. The van der Waals surface area contributed by atoms with Crippen LogP contribution >= 0.6 is 11.6 Å². The first-order chi connectivity index (χ1) is 18.7. The van der Waals surface area contributed by atoms with Gasteiger partial charge in [-0.1, -0.05) is 29.8 Å². The second-order valence-corrected chi connectivity index (χ2v) is 11.5. The highest BCUT2D eigenvalue weighted by Gasteiger charge is 2.36. The van der Waals surface area contributed by atoms with E-state index in [9.17, 15) is 18.8 Å². The number of esters is 1. The van der Waals surface area contributed by atoms with Crippen molar-refractivity contribution in [3.05, 3.63) is 57.9 Å². The molecule has 9 nitrogen and oxygen atoms in total. The number of piperazine rings is 1. The molecule has 3 rings (SSSR count). The molecule has 0 aromatic heterocycles. The van der Waals surface area contributed by atoms with E-state index < -0.39 is 35.5 Å². The van der Waals surface area contributed by atoms with Crippen LogP contribution in [-0.4, -0.2) is 85.9 Å². The van der Waals surface area contributed by atoms with Gasteiger partial charge in [-0.2, -0.15) is 0 Å². The Kier molecular flexibility index (Phi) is 10.4. The molecular formula is C29H39ClFN3O6. The van der Waals surface area contributed by atoms with Crippen LogP contribution in [0.5, 0.6) is 0 Å². The summed E-state index contributed by atoms with van der Waals surface area (Å²) in [5, 5.41) is 2.61. The second-order valence-electron chi connectivity index (χ2n) is 11.1. The maximum Gasteiger partial charge on any atom is 0.410 e. The molecule has 1 saturated heterocycles. The van der Waals surface area contributed by atoms with Gasteiger partial charge in [0.05, 0.1) is 35.8 Å². The number of carbonyl (C=O) groups excluding carboxylic acids is 3. The Morgan fingerprint density at radius 3 is 2.48 bits per heavy atom. The third kappa shape index (κ3) is 7.83. The fraction of sp³-hybridized carbons (Fsp3) is 0.552. The van der Waals surface area contributed by atoms with Crippen LogP contribution in [0.3, 0.4) is 0 Å². The lowest BCUT2D eigenvalue weighted by Crippen LogP contribution is -2.55. The van der Waals surface area contributed by atoms with Gasteiger partial charge in [0, 0.05) is 39.3 Å². The van der Waals surface area contributed by atoms with Gasteiger partial charge in [0.2, 0.25) is 5.91 Å². The number of ether oxygens (including phenoxy) is 3. The summed E-state index contributed by atoms with van der Waals surface area (Å²) in [6.07, 6.45) is 1.51. The van der Waals surface area contributed by atoms with Crippen molar-refractivity contribution in [2.75, 3.05) is 40.3 Å². The number of nitrogens with one attached hydrogen (secondary N) is 1. The summed E-state index contributed by atoms with van der Waals surface area (Å²) in [5.41, 5.74) is 0.851. The summed E-state index contributed by atoms with van der Waals surface area (Å²) in [5.74, 6) is -2.28. The molecule has 2 aliphatic rings. The molecule has 1 heterocycles. The highest BCUT2D eigenvalue weighted by molar-refractivity contribution is 6.30. The Morgan fingerprint density at radius 2 is 1.90 bits per heavy atom. The quantitative estimate of drug-likeness (QED) is 0.482. The minimum atomic E-state index is -0.814. The van der Waals surface area contributed by atoms with E-state index in [2.05, 4.69) is 10.2 Å². The first kappa shape index (κ1) is 31.6. The standard InChI is InChI=1S/C29H39ClFN3O6/c1-17-12-24(21(26(35)32-6)14-20(17)27(36)38-7)39-25(19-8-9-22(30)23(31)13-19)16-33-10-11-34(18(2)15-33)28(37)40-29(3,4)5/h8-9,12-14,18,21,24-25H,10-11,15-16H2,1-7H3,(H,32,35)/t18-,21?,24?,25-/m1/s1. The van der Waals surface area contributed by atoms with Crippen LogP contribution < -0.4 is 5.32 Å². The van der Waals surface area contributed by atoms with E-state index in [-0.39, 0.29) is 28.6 Å². The summed E-state index contributed by atoms with van der Waals surface area (Å²) in [6, 6.07) is 4.36. The predicted molar refractivity (Wildman–Crippen MR) is 149 cm³/mol. The molecule has 1 aromatic rings. The van der Waals surface area contributed by atoms with E-state index in [1.165, 1.54) is 26.3 Å². The fourth-order valence-electron chi connectivity index (χ4n) is 4.85. The van der Waals surface area contributed by atoms with Crippen LogP contribution in [0, 0.1) is 11.7 Å². The van der Waals surface area contributed by atoms with Gasteiger partial charge in [0.25, 0.3) is 0 Å². The smallest absolute Gasteiger partial charge is 0.410 e. The van der Waals surface area contributed by atoms with Crippen LogP contribution in [0.4, 0.5) is 9.18 Å². The summed E-state index contributed by atoms with van der Waals surface area (Å²) in [4.78, 5) is 41.7. The molecule has 1 fully saturated rings. The molecule has 1 N–H and O–H groups in total. The van der Waals surface area contributed by atoms with Crippen molar-refractivity contribution in [3.63, 3.8) is 0 Å². The average molecular weight is 580 g/mol. The lowest BCUT2D eigenvalue weighted by Gasteiger charge is -2.41. The Balaban J connectivity index is 1.86. The number of hydrogen-bond donors (Lipinski definition) is 1. The molecule has 1 aliphatic carbocycles. The van der Waals surface area contributed by atoms with E-state index in [4.69, 9.17) is 25.8 Å². The molecule has 40 heavy (non-hydrogen) atoms. The topological polar surface area (TPSA) is 97.4 Å². The molecule has 1 aromatic carbocycles. The highest BCUT2D eigenvalue weighted by atomic mass is 35.5. The van der Waals surface area contributed by atoms with E-state index in [0.717, 1.165) is 0 Å². The zero-order valence-corrected chi connectivity index (χ0v) is 24.9. The molecule has 0 saturated carbocycles. The number of halogens is 2. The molecule has 0 spiro atoms. The van der Waals surface area contributed by atoms with Crippen LogP contribution in [0.15, 0.2) is 41.5 Å². The lowest BCUT2D eigenvalue weighted by molar-refractivity contribution is -0.136. The van der Waals surface area contributed by atoms with Crippen LogP contribution in [0.25, 0.3) is 0 Å². The number of amides is 2. The summed E-state index contributed by atoms with van der Waals surface area (Å²) in [7, 11) is 2.79. The van der Waals surface area contributed by atoms with Crippen molar-refractivity contribution in [1.82, 2.24) is 15.1 Å². The summed E-state index contributed by atoms with van der Waals surface area (Å²) >= 11 is 5.95. The molecular weight excluding hydrogens is 541 g/mol. The van der Waals surface area contributed by atoms with E-state index in [0.29, 0.717) is 37.3 Å². The zero-order chi connectivity index (χ0) is 29.8. The number of hydrogen-bond acceptors (Lipinski definition) is 7. The number of nitrogens with zero attached hydrogens (tertiary/aromatic N) is 2. The van der Waals surface area contributed by atoms with Crippen LogP contribution in [0.2, 0.25) is 5.02 Å². The SMILES string of the molecule is CNC(=O)C1C=C(C(=O)OC)C(C)=CC1O[C@H](CN1CCN(C(=O)OC(C)(C)C)[C@H](C)C1)c1ccc(Cl)c(F)c1. The minimum absolute atomic E-state index is 0.00982. The predicted octanol–water partition coefficient (Wildman–Crippen LogP) is 4.27. The Labute approximate surface area is 240 Å². The first-order valence-corrected chi connectivity index (χ1v) is 13.6. The maximum absolute atomic E-state index is 14.5. The third-order valence-electron chi connectivity index (χ3n) is 6.89. The van der Waals surface area contributed by atoms with Gasteiger partial charge in [-0.25, -0.2) is 14.0 Å². The zero-order valence-electron chi connectivity index (χ0n) is 24.1. The normalized spacial score (nSPS) is 22.6. The molecule has 2 unspecified atom stereocenters. The molecule has 220 valence electrons. The fourth-order valence-corrected chi connectivity index (χ4v) is 4.97. The molecule has 1 aliphatic heterocycles. The molecule has 2 amide bonds. The largest absolute Gasteiger partial charge is 0.465 e. The summed E-state index contributed by atoms with van der Waals surface area (Å²) in [6.45, 7) is 11.1. The highest BCUT2D eigenvalue weighted by Crippen LogP contribution is 2.32. The Hall–Kier alpha value is -2.95. The molecule has 0 bridgehead atoms. The van der Waals surface area contributed by atoms with Gasteiger partial charge in [-0.15, -0.1) is 0 Å². The third-order valence-corrected chi connectivity index (χ3v) is 7.20. The lowest BCUT2D eigenvalue weighted by atomic mass is 9.88. The second kappa shape index (κ2) is 13.1. The van der Waals surface area contributed by atoms with E-state index in [1.54, 1.807) is 30.0 Å². The van der Waals surface area contributed by atoms with Crippen LogP contribution in [0.1, 0.15) is 46.3 Å². The first-order valence-electron chi connectivity index (χ1n) is 13.3. The van der Waals surface area contributed by atoms with Crippen molar-refractivity contribution in [1.29, 1.82) is 0 Å². The van der Waals surface area contributed by atoms with Gasteiger partial charge in [0.15, 0.2) is 0 Å². The monoisotopic (exact) mass is 579 g/mol. The molecule has 11 heteroatoms. The van der Waals surface area contributed by atoms with Crippen LogP contribution in [-0.2, 0) is 23.8 Å². The van der Waals surface area contributed by atoms with Gasteiger partial charge in [-0.05, 0) is 57.9 Å². The number of rotatable bonds is 7. The van der Waals surface area contributed by atoms with Gasteiger partial charge in [-0.3, -0.25) is 9.69 Å². The molecule has 4 atom stereocenters. The Morgan fingerprint density at radius 1 is 1.20 bits per heavy atom. The van der Waals surface area contributed by atoms with Crippen molar-refractivity contribution >= 4 is 29.6 Å². The van der Waals surface area contributed by atoms with Crippen molar-refractivity contribution in [3.8, 4) is 0 Å².